The number of anilines is 1. The highest BCUT2D eigenvalue weighted by Crippen LogP contribution is 2.25. The van der Waals surface area contributed by atoms with Crippen molar-refractivity contribution >= 4 is 11.6 Å². The zero-order valence-electron chi connectivity index (χ0n) is 13.3. The van der Waals surface area contributed by atoms with Crippen molar-refractivity contribution in [2.45, 2.75) is 64.3 Å². The van der Waals surface area contributed by atoms with Gasteiger partial charge in [0, 0.05) is 11.7 Å². The van der Waals surface area contributed by atoms with Crippen LogP contribution in [0.2, 0.25) is 0 Å². The lowest BCUT2D eigenvalue weighted by molar-refractivity contribution is -0.120. The van der Waals surface area contributed by atoms with Gasteiger partial charge in [-0.1, -0.05) is 45.2 Å². The minimum Gasteiger partial charge on any atom is -0.327 e. The Morgan fingerprint density at radius 1 is 1.24 bits per heavy atom. The van der Waals surface area contributed by atoms with Crippen molar-refractivity contribution in [2.24, 2.45) is 11.7 Å². The average Bonchev–Trinajstić information content (AvgIpc) is 2.71. The summed E-state index contributed by atoms with van der Waals surface area (Å²) in [5, 5.41) is 3.04. The summed E-state index contributed by atoms with van der Waals surface area (Å²) in [5.74, 6) is 0.604. The topological polar surface area (TPSA) is 55.1 Å². The molecule has 1 saturated carbocycles. The fourth-order valence-corrected chi connectivity index (χ4v) is 3.03. The molecule has 0 saturated heterocycles. The molecule has 0 bridgehead atoms. The monoisotopic (exact) mass is 288 g/mol. The Morgan fingerprint density at radius 3 is 2.57 bits per heavy atom. The molecule has 0 radical (unpaired) electrons. The lowest BCUT2D eigenvalue weighted by Crippen LogP contribution is -2.37. The van der Waals surface area contributed by atoms with E-state index in [-0.39, 0.29) is 17.9 Å². The van der Waals surface area contributed by atoms with Gasteiger partial charge in [0.25, 0.3) is 0 Å². The maximum atomic E-state index is 12.4. The van der Waals surface area contributed by atoms with Crippen LogP contribution in [0.15, 0.2) is 24.3 Å². The number of nitrogens with one attached hydrogen (secondary N) is 1. The molecule has 1 fully saturated rings. The predicted octanol–water partition coefficient (Wildman–Crippen LogP) is 4.05. The molecular formula is C18H28N2O. The first-order valence-corrected chi connectivity index (χ1v) is 8.28. The van der Waals surface area contributed by atoms with Crippen molar-refractivity contribution in [3.63, 3.8) is 0 Å². The van der Waals surface area contributed by atoms with Crippen LogP contribution < -0.4 is 11.1 Å². The molecule has 0 aromatic heterocycles. The molecule has 1 aromatic rings. The van der Waals surface area contributed by atoms with Gasteiger partial charge in [0.15, 0.2) is 0 Å². The van der Waals surface area contributed by atoms with Crippen LogP contribution in [0.5, 0.6) is 0 Å². The number of hydrogen-bond acceptors (Lipinski definition) is 2. The van der Waals surface area contributed by atoms with Crippen LogP contribution in [0.1, 0.15) is 63.9 Å². The third kappa shape index (κ3) is 4.31. The molecule has 1 aromatic carbocycles. The van der Waals surface area contributed by atoms with Crippen molar-refractivity contribution in [2.75, 3.05) is 5.32 Å². The highest BCUT2D eigenvalue weighted by atomic mass is 16.1. The number of rotatable bonds is 4. The molecule has 3 heteroatoms. The third-order valence-corrected chi connectivity index (χ3v) is 4.77. The Morgan fingerprint density at radius 2 is 1.90 bits per heavy atom. The molecule has 2 rings (SSSR count). The summed E-state index contributed by atoms with van der Waals surface area (Å²) in [6.07, 6.45) is 6.46. The van der Waals surface area contributed by atoms with Gasteiger partial charge in [0.1, 0.15) is 0 Å². The molecule has 3 N–H and O–H groups in total. The summed E-state index contributed by atoms with van der Waals surface area (Å²) in [5.41, 5.74) is 8.35. The summed E-state index contributed by atoms with van der Waals surface area (Å²) in [6.45, 7) is 4.41. The number of nitrogens with two attached hydrogens (primary N) is 1. The molecule has 116 valence electrons. The zero-order chi connectivity index (χ0) is 15.2. The minimum atomic E-state index is -0.0401. The van der Waals surface area contributed by atoms with Gasteiger partial charge < -0.3 is 11.1 Å². The lowest BCUT2D eigenvalue weighted by atomic mass is 9.94. The molecule has 3 atom stereocenters. The van der Waals surface area contributed by atoms with E-state index in [1.807, 2.05) is 12.1 Å². The first kappa shape index (κ1) is 16.0. The van der Waals surface area contributed by atoms with Gasteiger partial charge in [0.2, 0.25) is 5.91 Å². The van der Waals surface area contributed by atoms with Crippen LogP contribution in [0.4, 0.5) is 5.69 Å². The molecule has 1 aliphatic carbocycles. The zero-order valence-corrected chi connectivity index (χ0v) is 13.3. The summed E-state index contributed by atoms with van der Waals surface area (Å²) < 4.78 is 0. The van der Waals surface area contributed by atoms with E-state index in [4.69, 9.17) is 5.73 Å². The maximum Gasteiger partial charge on any atom is 0.229 e. The van der Waals surface area contributed by atoms with Crippen molar-refractivity contribution < 1.29 is 4.79 Å². The molecule has 1 aliphatic rings. The largest absolute Gasteiger partial charge is 0.327 e. The molecule has 1 amide bonds. The van der Waals surface area contributed by atoms with Gasteiger partial charge in [0.05, 0.1) is 5.92 Å². The lowest BCUT2D eigenvalue weighted by Gasteiger charge is -2.20. The van der Waals surface area contributed by atoms with Crippen LogP contribution in [0.25, 0.3) is 0 Å². The minimum absolute atomic E-state index is 0.00638. The maximum absolute atomic E-state index is 12.4. The Kier molecular flexibility index (Phi) is 5.80. The second kappa shape index (κ2) is 7.60. The van der Waals surface area contributed by atoms with Gasteiger partial charge in [-0.2, -0.15) is 0 Å². The van der Waals surface area contributed by atoms with E-state index >= 15 is 0 Å². The number of benzene rings is 1. The summed E-state index contributed by atoms with van der Waals surface area (Å²) in [7, 11) is 0. The second-order valence-corrected chi connectivity index (χ2v) is 6.33. The third-order valence-electron chi connectivity index (χ3n) is 4.77. The van der Waals surface area contributed by atoms with Crippen molar-refractivity contribution in [1.29, 1.82) is 0 Å². The molecule has 0 heterocycles. The van der Waals surface area contributed by atoms with Crippen LogP contribution >= 0.6 is 0 Å². The van der Waals surface area contributed by atoms with Gasteiger partial charge in [-0.15, -0.1) is 0 Å². The average molecular weight is 288 g/mol. The van der Waals surface area contributed by atoms with Crippen LogP contribution in [0, 0.1) is 5.92 Å². The fourth-order valence-electron chi connectivity index (χ4n) is 3.03. The van der Waals surface area contributed by atoms with E-state index in [9.17, 15) is 4.79 Å². The molecular weight excluding hydrogens is 260 g/mol. The molecule has 0 aliphatic heterocycles. The van der Waals surface area contributed by atoms with Crippen LogP contribution in [-0.4, -0.2) is 11.9 Å². The summed E-state index contributed by atoms with van der Waals surface area (Å²) in [4.78, 5) is 12.4. The highest BCUT2D eigenvalue weighted by molar-refractivity contribution is 5.93. The Balaban J connectivity index is 1.98. The van der Waals surface area contributed by atoms with Gasteiger partial charge in [-0.25, -0.2) is 0 Å². The van der Waals surface area contributed by atoms with Gasteiger partial charge >= 0.3 is 0 Å². The van der Waals surface area contributed by atoms with E-state index < -0.39 is 0 Å². The Hall–Kier alpha value is -1.35. The predicted molar refractivity (Wildman–Crippen MR) is 88.3 cm³/mol. The van der Waals surface area contributed by atoms with E-state index in [0.29, 0.717) is 5.92 Å². The van der Waals surface area contributed by atoms with Crippen LogP contribution in [0.3, 0.4) is 0 Å². The quantitative estimate of drug-likeness (QED) is 0.821. The number of hydrogen-bond donors (Lipinski definition) is 2. The second-order valence-electron chi connectivity index (χ2n) is 6.33. The number of amides is 1. The van der Waals surface area contributed by atoms with E-state index in [1.165, 1.54) is 12.0 Å². The molecule has 3 nitrogen and oxygen atoms in total. The fraction of sp³-hybridized carbons (Fsp3) is 0.611. The highest BCUT2D eigenvalue weighted by Gasteiger charge is 2.26. The van der Waals surface area contributed by atoms with Crippen molar-refractivity contribution in [3.05, 3.63) is 29.8 Å². The molecule has 0 spiro atoms. The van der Waals surface area contributed by atoms with E-state index in [0.717, 1.165) is 37.8 Å². The smallest absolute Gasteiger partial charge is 0.229 e. The SMILES string of the molecule is CCC(C)c1ccc(NC(=O)C2CCCCCC2N)cc1. The van der Waals surface area contributed by atoms with E-state index in [1.54, 1.807) is 0 Å². The van der Waals surface area contributed by atoms with Crippen LogP contribution in [-0.2, 0) is 4.79 Å². The van der Waals surface area contributed by atoms with Gasteiger partial charge in [-0.3, -0.25) is 4.79 Å². The Labute approximate surface area is 128 Å². The van der Waals surface area contributed by atoms with Crippen molar-refractivity contribution in [1.82, 2.24) is 0 Å². The Bertz CT molecular complexity index is 455. The van der Waals surface area contributed by atoms with Gasteiger partial charge in [-0.05, 0) is 42.9 Å². The first-order valence-electron chi connectivity index (χ1n) is 8.28. The normalized spacial score (nSPS) is 24.1. The molecule has 21 heavy (non-hydrogen) atoms. The molecule has 3 unspecified atom stereocenters. The van der Waals surface area contributed by atoms with E-state index in [2.05, 4.69) is 31.3 Å². The summed E-state index contributed by atoms with van der Waals surface area (Å²) >= 11 is 0. The number of carbonyl (C=O) groups is 1. The summed E-state index contributed by atoms with van der Waals surface area (Å²) in [6, 6.07) is 8.23. The van der Waals surface area contributed by atoms with Crippen molar-refractivity contribution in [3.8, 4) is 0 Å². The first-order chi connectivity index (χ1) is 10.1. The number of carbonyl (C=O) groups excluding carboxylic acids is 1. The standard InChI is InChI=1S/C18H28N2O/c1-3-13(2)14-9-11-15(12-10-14)20-18(21)16-7-5-4-6-8-17(16)19/h9-13,16-17H,3-8,19H2,1-2H3,(H,20,21).